The number of carbonyl (C=O) groups excluding carboxylic acids is 3. The number of carbonyl (C=O) groups is 3. The molecule has 0 fully saturated rings. The van der Waals surface area contributed by atoms with Crippen LogP contribution in [0.15, 0.2) is 18.3 Å². The maximum Gasteiger partial charge on any atom is 0.416 e. The number of amides is 2. The van der Waals surface area contributed by atoms with Crippen LogP contribution in [0.4, 0.5) is 10.6 Å². The molecule has 1 aromatic heterocycles. The first-order chi connectivity index (χ1) is 11.2. The number of aldehydes is 1. The first-order valence-corrected chi connectivity index (χ1v) is 7.86. The summed E-state index contributed by atoms with van der Waals surface area (Å²) < 4.78 is 5.42. The molecule has 7 heteroatoms. The van der Waals surface area contributed by atoms with E-state index in [0.29, 0.717) is 25.1 Å². The highest BCUT2D eigenvalue weighted by molar-refractivity contribution is 5.87. The fourth-order valence-corrected chi connectivity index (χ4v) is 1.93. The van der Waals surface area contributed by atoms with Gasteiger partial charge in [-0.3, -0.25) is 9.69 Å². The zero-order valence-electron chi connectivity index (χ0n) is 14.7. The smallest absolute Gasteiger partial charge is 0.416 e. The molecule has 1 aromatic rings. The second kappa shape index (κ2) is 9.00. The number of hydrogen-bond acceptors (Lipinski definition) is 5. The first-order valence-electron chi connectivity index (χ1n) is 7.86. The van der Waals surface area contributed by atoms with Gasteiger partial charge >= 0.3 is 6.09 Å². The molecule has 0 aromatic carbocycles. The third kappa shape index (κ3) is 7.21. The van der Waals surface area contributed by atoms with E-state index in [0.717, 1.165) is 5.56 Å². The maximum absolute atomic E-state index is 12.4. The first kappa shape index (κ1) is 19.6. The molecule has 0 saturated heterocycles. The second-order valence-electron chi connectivity index (χ2n) is 6.40. The fraction of sp³-hybridized carbons (Fsp3) is 0.529. The number of anilines is 1. The van der Waals surface area contributed by atoms with Crippen molar-refractivity contribution in [3.8, 4) is 0 Å². The van der Waals surface area contributed by atoms with Crippen molar-refractivity contribution in [2.75, 3.05) is 18.0 Å². The lowest BCUT2D eigenvalue weighted by Crippen LogP contribution is -2.38. The molecule has 0 aliphatic rings. The number of rotatable bonds is 7. The molecule has 0 atom stereocenters. The van der Waals surface area contributed by atoms with Crippen LogP contribution >= 0.6 is 0 Å². The van der Waals surface area contributed by atoms with Crippen LogP contribution in [0.3, 0.4) is 0 Å². The van der Waals surface area contributed by atoms with E-state index in [1.165, 1.54) is 4.90 Å². The number of ether oxygens (including phenoxy) is 1. The van der Waals surface area contributed by atoms with Gasteiger partial charge in [0.1, 0.15) is 17.7 Å². The third-order valence-corrected chi connectivity index (χ3v) is 2.96. The highest BCUT2D eigenvalue weighted by Gasteiger charge is 2.24. The molecule has 7 nitrogen and oxygen atoms in total. The van der Waals surface area contributed by atoms with Gasteiger partial charge in [-0.05, 0) is 51.8 Å². The van der Waals surface area contributed by atoms with E-state index >= 15 is 0 Å². The molecule has 0 radical (unpaired) electrons. The van der Waals surface area contributed by atoms with Gasteiger partial charge in [0.15, 0.2) is 0 Å². The molecule has 2 amide bonds. The molecule has 132 valence electrons. The Labute approximate surface area is 142 Å². The lowest BCUT2D eigenvalue weighted by atomic mass is 10.2. The van der Waals surface area contributed by atoms with E-state index in [1.807, 2.05) is 13.0 Å². The SMILES string of the molecule is Cc1ccnc(N(CCCC(=O)NCC=O)C(=O)OC(C)(C)C)c1. The number of hydrogen-bond donors (Lipinski definition) is 1. The zero-order valence-corrected chi connectivity index (χ0v) is 14.7. The molecule has 0 saturated carbocycles. The van der Waals surface area contributed by atoms with Crippen LogP contribution in [0.25, 0.3) is 0 Å². The fourth-order valence-electron chi connectivity index (χ4n) is 1.93. The van der Waals surface area contributed by atoms with Crippen molar-refractivity contribution in [1.29, 1.82) is 0 Å². The van der Waals surface area contributed by atoms with Crippen molar-refractivity contribution in [3.05, 3.63) is 23.9 Å². The Bertz CT molecular complexity index is 581. The predicted octanol–water partition coefficient (Wildman–Crippen LogP) is 2.23. The Balaban J connectivity index is 2.76. The number of pyridine rings is 1. The number of nitrogens with zero attached hydrogens (tertiary/aromatic N) is 2. The lowest BCUT2D eigenvalue weighted by Gasteiger charge is -2.27. The number of aromatic nitrogens is 1. The second-order valence-corrected chi connectivity index (χ2v) is 6.40. The van der Waals surface area contributed by atoms with Crippen LogP contribution < -0.4 is 10.2 Å². The summed E-state index contributed by atoms with van der Waals surface area (Å²) in [5.74, 6) is 0.251. The van der Waals surface area contributed by atoms with E-state index in [-0.39, 0.29) is 18.9 Å². The van der Waals surface area contributed by atoms with Gasteiger partial charge in [0.2, 0.25) is 5.91 Å². The van der Waals surface area contributed by atoms with Crippen molar-refractivity contribution >= 4 is 24.1 Å². The minimum Gasteiger partial charge on any atom is -0.443 e. The van der Waals surface area contributed by atoms with E-state index in [4.69, 9.17) is 4.74 Å². The van der Waals surface area contributed by atoms with E-state index in [2.05, 4.69) is 10.3 Å². The van der Waals surface area contributed by atoms with Gasteiger partial charge in [0.05, 0.1) is 6.54 Å². The van der Waals surface area contributed by atoms with Gasteiger partial charge in [-0.2, -0.15) is 0 Å². The predicted molar refractivity (Wildman–Crippen MR) is 90.9 cm³/mol. The van der Waals surface area contributed by atoms with Gasteiger partial charge in [-0.25, -0.2) is 9.78 Å². The maximum atomic E-state index is 12.4. The van der Waals surface area contributed by atoms with Gasteiger partial charge in [0.25, 0.3) is 0 Å². The summed E-state index contributed by atoms with van der Waals surface area (Å²) in [5.41, 5.74) is 0.345. The molecule has 0 spiro atoms. The Morgan fingerprint density at radius 2 is 2.08 bits per heavy atom. The largest absolute Gasteiger partial charge is 0.443 e. The molecular formula is C17H25N3O4. The Kier molecular flexibility index (Phi) is 7.35. The molecule has 1 heterocycles. The van der Waals surface area contributed by atoms with Crippen molar-refractivity contribution in [2.45, 2.75) is 46.1 Å². The van der Waals surface area contributed by atoms with Crippen LogP contribution in [0.5, 0.6) is 0 Å². The highest BCUT2D eigenvalue weighted by atomic mass is 16.6. The topological polar surface area (TPSA) is 88.6 Å². The average Bonchev–Trinajstić information content (AvgIpc) is 2.47. The van der Waals surface area contributed by atoms with Crippen molar-refractivity contribution in [1.82, 2.24) is 10.3 Å². The summed E-state index contributed by atoms with van der Waals surface area (Å²) in [6.45, 7) is 7.57. The van der Waals surface area contributed by atoms with Crippen LogP contribution in [0.1, 0.15) is 39.2 Å². The summed E-state index contributed by atoms with van der Waals surface area (Å²) in [5, 5.41) is 2.47. The van der Waals surface area contributed by atoms with E-state index in [9.17, 15) is 14.4 Å². The van der Waals surface area contributed by atoms with Crippen molar-refractivity contribution < 1.29 is 19.1 Å². The average molecular weight is 335 g/mol. The Hall–Kier alpha value is -2.44. The van der Waals surface area contributed by atoms with E-state index < -0.39 is 11.7 Å². The quantitative estimate of drug-likeness (QED) is 0.772. The minimum atomic E-state index is -0.625. The van der Waals surface area contributed by atoms with Crippen LogP contribution in [-0.4, -0.2) is 42.0 Å². The van der Waals surface area contributed by atoms with E-state index in [1.54, 1.807) is 33.0 Å². The Morgan fingerprint density at radius 1 is 1.38 bits per heavy atom. The zero-order chi connectivity index (χ0) is 18.2. The minimum absolute atomic E-state index is 0.00590. The molecule has 1 N–H and O–H groups in total. The van der Waals surface area contributed by atoms with Gasteiger partial charge in [-0.15, -0.1) is 0 Å². The Morgan fingerprint density at radius 3 is 2.67 bits per heavy atom. The molecule has 0 aliphatic carbocycles. The highest BCUT2D eigenvalue weighted by Crippen LogP contribution is 2.17. The molecule has 1 rings (SSSR count). The summed E-state index contributed by atoms with van der Waals surface area (Å²) in [4.78, 5) is 39.9. The standard InChI is InChI=1S/C17H25N3O4/c1-13-7-8-18-14(12-13)20(16(23)24-17(2,3)4)10-5-6-15(22)19-9-11-21/h7-8,11-12H,5-6,9-10H2,1-4H3,(H,19,22). The monoisotopic (exact) mass is 335 g/mol. The third-order valence-electron chi connectivity index (χ3n) is 2.96. The van der Waals surface area contributed by atoms with Gasteiger partial charge in [0, 0.05) is 19.2 Å². The van der Waals surface area contributed by atoms with Gasteiger partial charge < -0.3 is 14.8 Å². The number of nitrogens with one attached hydrogen (secondary N) is 1. The van der Waals surface area contributed by atoms with Crippen molar-refractivity contribution in [3.63, 3.8) is 0 Å². The number of aryl methyl sites for hydroxylation is 1. The van der Waals surface area contributed by atoms with Gasteiger partial charge in [-0.1, -0.05) is 0 Å². The molecule has 24 heavy (non-hydrogen) atoms. The molecular weight excluding hydrogens is 310 g/mol. The molecule has 0 bridgehead atoms. The summed E-state index contributed by atoms with van der Waals surface area (Å²) in [6, 6.07) is 3.63. The lowest BCUT2D eigenvalue weighted by molar-refractivity contribution is -0.122. The summed E-state index contributed by atoms with van der Waals surface area (Å²) >= 11 is 0. The van der Waals surface area contributed by atoms with Crippen LogP contribution in [-0.2, 0) is 14.3 Å². The van der Waals surface area contributed by atoms with Crippen LogP contribution in [0.2, 0.25) is 0 Å². The summed E-state index contributed by atoms with van der Waals surface area (Å²) in [7, 11) is 0. The normalized spacial score (nSPS) is 10.8. The summed E-state index contributed by atoms with van der Waals surface area (Å²) in [6.07, 6.45) is 2.38. The van der Waals surface area contributed by atoms with Crippen LogP contribution in [0, 0.1) is 6.92 Å². The molecule has 0 aliphatic heterocycles. The molecule has 0 unspecified atom stereocenters. The van der Waals surface area contributed by atoms with Crippen molar-refractivity contribution in [2.24, 2.45) is 0 Å².